The molecule has 0 aliphatic rings. The molecule has 188 valence electrons. The number of aliphatic hydroxyl groups is 1. The van der Waals surface area contributed by atoms with Gasteiger partial charge in [0.1, 0.15) is 23.9 Å². The van der Waals surface area contributed by atoms with Gasteiger partial charge in [-0.15, -0.1) is 0 Å². The van der Waals surface area contributed by atoms with Crippen molar-refractivity contribution in [1.29, 1.82) is 0 Å². The molecule has 0 saturated heterocycles. The Morgan fingerprint density at radius 1 is 0.912 bits per heavy atom. The summed E-state index contributed by atoms with van der Waals surface area (Å²) in [4.78, 5) is 59.5. The van der Waals surface area contributed by atoms with Crippen molar-refractivity contribution in [3.63, 3.8) is 0 Å². The predicted molar refractivity (Wildman–Crippen MR) is 117 cm³/mol. The third kappa shape index (κ3) is 9.42. The molecule has 13 heteroatoms. The standard InChI is InChI=1S/C21H30N4O9/c1-10(21(33)34)23-20(32)17(11(2)26)25-19(31)15(9-12-3-5-13(27)6-4-12)24-18(30)14(22)7-8-16(28)29/h3-6,10-11,14-15,17,26-27H,7-9,22H2,1-2H3,(H,23,32)(H,24,30)(H,25,31)(H,28,29)(H,33,34). The third-order valence-corrected chi connectivity index (χ3v) is 4.81. The van der Waals surface area contributed by atoms with E-state index in [1.807, 2.05) is 0 Å². The Bertz CT molecular complexity index is 889. The van der Waals surface area contributed by atoms with Crippen LogP contribution in [0.2, 0.25) is 0 Å². The van der Waals surface area contributed by atoms with Crippen LogP contribution in [0.3, 0.4) is 0 Å². The number of phenolic OH excluding ortho intramolecular Hbond substituents is 1. The molecule has 0 saturated carbocycles. The molecule has 1 rings (SSSR count). The average Bonchev–Trinajstić information content (AvgIpc) is 2.75. The number of hydrogen-bond acceptors (Lipinski definition) is 8. The summed E-state index contributed by atoms with van der Waals surface area (Å²) in [5, 5.41) is 44.0. The molecule has 0 radical (unpaired) electrons. The van der Waals surface area contributed by atoms with E-state index in [1.54, 1.807) is 0 Å². The van der Waals surface area contributed by atoms with Gasteiger partial charge in [0.2, 0.25) is 17.7 Å². The number of carboxylic acid groups (broad SMARTS) is 2. The molecule has 13 nitrogen and oxygen atoms in total. The Balaban J connectivity index is 3.05. The number of carbonyl (C=O) groups excluding carboxylic acids is 3. The van der Waals surface area contributed by atoms with Crippen LogP contribution in [-0.2, 0) is 30.4 Å². The van der Waals surface area contributed by atoms with Gasteiger partial charge in [0.25, 0.3) is 0 Å². The zero-order valence-corrected chi connectivity index (χ0v) is 18.7. The van der Waals surface area contributed by atoms with Crippen LogP contribution >= 0.6 is 0 Å². The summed E-state index contributed by atoms with van der Waals surface area (Å²) in [6.07, 6.45) is -2.05. The number of carbonyl (C=O) groups is 5. The lowest BCUT2D eigenvalue weighted by Crippen LogP contribution is -2.60. The number of aromatic hydroxyl groups is 1. The second-order valence-corrected chi connectivity index (χ2v) is 7.77. The zero-order chi connectivity index (χ0) is 26.0. The molecule has 0 fully saturated rings. The van der Waals surface area contributed by atoms with Crippen molar-refractivity contribution in [3.05, 3.63) is 29.8 Å². The van der Waals surface area contributed by atoms with Crippen LogP contribution in [-0.4, -0.2) is 80.4 Å². The molecule has 1 aromatic rings. The van der Waals surface area contributed by atoms with Crippen molar-refractivity contribution >= 4 is 29.7 Å². The Hall–Kier alpha value is -3.71. The lowest BCUT2D eigenvalue weighted by Gasteiger charge is -2.26. The largest absolute Gasteiger partial charge is 0.508 e. The molecule has 9 N–H and O–H groups in total. The summed E-state index contributed by atoms with van der Waals surface area (Å²) in [6, 6.07) is 0.393. The van der Waals surface area contributed by atoms with Crippen LogP contribution < -0.4 is 21.7 Å². The van der Waals surface area contributed by atoms with E-state index < -0.39 is 59.9 Å². The van der Waals surface area contributed by atoms with Crippen LogP contribution in [0.1, 0.15) is 32.3 Å². The Kier molecular flexibility index (Phi) is 10.9. The summed E-state index contributed by atoms with van der Waals surface area (Å²) in [5.74, 6) is -5.14. The van der Waals surface area contributed by atoms with E-state index in [9.17, 15) is 34.2 Å². The Labute approximate surface area is 195 Å². The second kappa shape index (κ2) is 13.1. The van der Waals surface area contributed by atoms with E-state index in [0.29, 0.717) is 5.56 Å². The SMILES string of the molecule is CC(NC(=O)C(NC(=O)C(Cc1ccc(O)cc1)NC(=O)C(N)CCC(=O)O)C(C)O)C(=O)O. The van der Waals surface area contributed by atoms with Crippen LogP contribution in [0.4, 0.5) is 0 Å². The van der Waals surface area contributed by atoms with Gasteiger partial charge in [0.05, 0.1) is 12.1 Å². The lowest BCUT2D eigenvalue weighted by molar-refractivity contribution is -0.142. The Morgan fingerprint density at radius 3 is 2.00 bits per heavy atom. The molecule has 5 atom stereocenters. The summed E-state index contributed by atoms with van der Waals surface area (Å²) in [7, 11) is 0. The highest BCUT2D eigenvalue weighted by Crippen LogP contribution is 2.12. The number of aliphatic hydroxyl groups excluding tert-OH is 1. The fourth-order valence-electron chi connectivity index (χ4n) is 2.79. The van der Waals surface area contributed by atoms with Gasteiger partial charge in [-0.1, -0.05) is 12.1 Å². The van der Waals surface area contributed by atoms with Crippen LogP contribution in [0.5, 0.6) is 5.75 Å². The first kappa shape index (κ1) is 28.3. The van der Waals surface area contributed by atoms with E-state index >= 15 is 0 Å². The molecule has 5 unspecified atom stereocenters. The topological polar surface area (TPSA) is 228 Å². The maximum atomic E-state index is 13.0. The minimum absolute atomic E-state index is 0.0251. The molecule has 0 bridgehead atoms. The average molecular weight is 482 g/mol. The first-order valence-electron chi connectivity index (χ1n) is 10.4. The van der Waals surface area contributed by atoms with E-state index in [4.69, 9.17) is 15.9 Å². The highest BCUT2D eigenvalue weighted by atomic mass is 16.4. The highest BCUT2D eigenvalue weighted by Gasteiger charge is 2.32. The molecule has 0 aliphatic carbocycles. The summed E-state index contributed by atoms with van der Waals surface area (Å²) < 4.78 is 0. The molecule has 0 spiro atoms. The van der Waals surface area contributed by atoms with Crippen molar-refractivity contribution in [3.8, 4) is 5.75 Å². The normalized spacial score (nSPS) is 15.2. The van der Waals surface area contributed by atoms with Gasteiger partial charge in [-0.2, -0.15) is 0 Å². The summed E-state index contributed by atoms with van der Waals surface area (Å²) in [6.45, 7) is 2.42. The lowest BCUT2D eigenvalue weighted by atomic mass is 10.0. The zero-order valence-electron chi connectivity index (χ0n) is 18.7. The first-order valence-corrected chi connectivity index (χ1v) is 10.4. The van der Waals surface area contributed by atoms with Gasteiger partial charge in [0.15, 0.2) is 0 Å². The third-order valence-electron chi connectivity index (χ3n) is 4.81. The van der Waals surface area contributed by atoms with Crippen molar-refractivity contribution in [2.75, 3.05) is 0 Å². The molecule has 3 amide bonds. The quantitative estimate of drug-likeness (QED) is 0.155. The fourth-order valence-corrected chi connectivity index (χ4v) is 2.79. The smallest absolute Gasteiger partial charge is 0.325 e. The molecule has 0 heterocycles. The molecular formula is C21H30N4O9. The molecule has 0 aliphatic heterocycles. The number of aliphatic carboxylic acids is 2. The number of rotatable bonds is 13. The van der Waals surface area contributed by atoms with E-state index in [1.165, 1.54) is 38.1 Å². The van der Waals surface area contributed by atoms with Crippen LogP contribution in [0.25, 0.3) is 0 Å². The second-order valence-electron chi connectivity index (χ2n) is 7.77. The maximum absolute atomic E-state index is 13.0. The van der Waals surface area contributed by atoms with E-state index in [0.717, 1.165) is 0 Å². The number of amides is 3. The number of phenols is 1. The van der Waals surface area contributed by atoms with Gasteiger partial charge in [-0.3, -0.25) is 24.0 Å². The number of benzene rings is 1. The maximum Gasteiger partial charge on any atom is 0.325 e. The number of carboxylic acids is 2. The number of nitrogens with two attached hydrogens (primary N) is 1. The van der Waals surface area contributed by atoms with Gasteiger partial charge < -0.3 is 42.1 Å². The van der Waals surface area contributed by atoms with Gasteiger partial charge >= 0.3 is 11.9 Å². The van der Waals surface area contributed by atoms with E-state index in [-0.39, 0.29) is 25.0 Å². The molecular weight excluding hydrogens is 452 g/mol. The van der Waals surface area contributed by atoms with Crippen molar-refractivity contribution in [2.24, 2.45) is 5.73 Å². The highest BCUT2D eigenvalue weighted by molar-refractivity contribution is 5.94. The van der Waals surface area contributed by atoms with Crippen molar-refractivity contribution in [2.45, 2.75) is 63.4 Å². The number of nitrogens with one attached hydrogen (secondary N) is 3. The Morgan fingerprint density at radius 2 is 1.50 bits per heavy atom. The van der Waals surface area contributed by atoms with Crippen LogP contribution in [0.15, 0.2) is 24.3 Å². The number of hydrogen-bond donors (Lipinski definition) is 8. The van der Waals surface area contributed by atoms with Gasteiger partial charge in [-0.25, -0.2) is 0 Å². The van der Waals surface area contributed by atoms with Gasteiger partial charge in [0, 0.05) is 12.8 Å². The van der Waals surface area contributed by atoms with Crippen molar-refractivity contribution in [1.82, 2.24) is 16.0 Å². The summed E-state index contributed by atoms with van der Waals surface area (Å²) >= 11 is 0. The van der Waals surface area contributed by atoms with E-state index in [2.05, 4.69) is 16.0 Å². The van der Waals surface area contributed by atoms with Crippen LogP contribution in [0, 0.1) is 0 Å². The molecule has 1 aromatic carbocycles. The summed E-state index contributed by atoms with van der Waals surface area (Å²) in [5.41, 5.74) is 6.23. The minimum Gasteiger partial charge on any atom is -0.508 e. The molecule has 0 aromatic heterocycles. The van der Waals surface area contributed by atoms with Crippen molar-refractivity contribution < 1.29 is 44.4 Å². The monoisotopic (exact) mass is 482 g/mol. The first-order chi connectivity index (χ1) is 15.8. The minimum atomic E-state index is -1.53. The van der Waals surface area contributed by atoms with Gasteiger partial charge in [-0.05, 0) is 38.0 Å². The predicted octanol–water partition coefficient (Wildman–Crippen LogP) is -1.93. The molecule has 34 heavy (non-hydrogen) atoms. The fraction of sp³-hybridized carbons (Fsp3) is 0.476.